The molecule has 0 saturated carbocycles. The Kier molecular flexibility index (Phi) is 5.24. The largest absolute Gasteiger partial charge is 0.410 e. The number of nitrogens with zero attached hydrogens (tertiary/aromatic N) is 4. The second-order valence-electron chi connectivity index (χ2n) is 7.86. The molecule has 3 aromatic rings. The first-order valence-electron chi connectivity index (χ1n) is 9.88. The highest BCUT2D eigenvalue weighted by molar-refractivity contribution is 5.93. The van der Waals surface area contributed by atoms with Gasteiger partial charge in [-0.15, -0.1) is 0 Å². The zero-order chi connectivity index (χ0) is 22.3. The van der Waals surface area contributed by atoms with Crippen LogP contribution in [0, 0.1) is 13.8 Å². The van der Waals surface area contributed by atoms with Crippen molar-refractivity contribution in [3.05, 3.63) is 64.6 Å². The number of benzene rings is 1. The molecule has 0 fully saturated rings. The number of carbonyl (C=O) groups is 1. The molecular weight excluding hydrogens is 409 g/mol. The van der Waals surface area contributed by atoms with Crippen LogP contribution in [0.5, 0.6) is 0 Å². The fraction of sp³-hybridized carbons (Fsp3) is 0.381. The quantitative estimate of drug-likeness (QED) is 0.657. The number of nitrogens with one attached hydrogen (secondary N) is 2. The minimum absolute atomic E-state index is 0.0668. The molecule has 0 aliphatic carbocycles. The highest BCUT2D eigenvalue weighted by atomic mass is 19.4. The molecular formula is C21H23F3N6O. The summed E-state index contributed by atoms with van der Waals surface area (Å²) in [7, 11) is 1.77. The van der Waals surface area contributed by atoms with Crippen LogP contribution in [0.1, 0.15) is 51.4 Å². The minimum Gasteiger partial charge on any atom is -0.363 e. The lowest BCUT2D eigenvalue weighted by atomic mass is 9.96. The summed E-state index contributed by atoms with van der Waals surface area (Å²) in [6, 6.07) is 6.37. The predicted molar refractivity (Wildman–Crippen MR) is 109 cm³/mol. The van der Waals surface area contributed by atoms with Gasteiger partial charge in [-0.25, -0.2) is 4.68 Å². The fourth-order valence-corrected chi connectivity index (χ4v) is 3.79. The Morgan fingerprint density at radius 1 is 1.23 bits per heavy atom. The molecule has 31 heavy (non-hydrogen) atoms. The molecule has 3 heterocycles. The van der Waals surface area contributed by atoms with Crippen molar-refractivity contribution < 1.29 is 18.0 Å². The lowest BCUT2D eigenvalue weighted by molar-refractivity contribution is -0.173. The first-order chi connectivity index (χ1) is 14.6. The van der Waals surface area contributed by atoms with Crippen molar-refractivity contribution in [1.82, 2.24) is 24.9 Å². The van der Waals surface area contributed by atoms with E-state index in [1.54, 1.807) is 17.9 Å². The average Bonchev–Trinajstić information content (AvgIpc) is 3.27. The first kappa shape index (κ1) is 21.0. The fourth-order valence-electron chi connectivity index (χ4n) is 3.79. The number of hydrogen-bond acceptors (Lipinski definition) is 4. The van der Waals surface area contributed by atoms with E-state index in [1.807, 2.05) is 38.1 Å². The van der Waals surface area contributed by atoms with Crippen molar-refractivity contribution in [3.63, 3.8) is 0 Å². The third-order valence-electron chi connectivity index (χ3n) is 5.46. The third-order valence-corrected chi connectivity index (χ3v) is 5.46. The molecule has 0 radical (unpaired) electrons. The molecule has 1 aliphatic heterocycles. The number of anilines is 1. The van der Waals surface area contributed by atoms with Crippen LogP contribution in [0.25, 0.3) is 0 Å². The zero-order valence-electron chi connectivity index (χ0n) is 17.4. The van der Waals surface area contributed by atoms with Gasteiger partial charge in [-0.2, -0.15) is 23.4 Å². The SMILES string of the molecule is Cc1ccc([C@@H]2C[C@@H](C(F)(F)F)n3nc(C(=O)NCc4cn(C)nc4C)cc3N2)cc1. The Balaban J connectivity index is 1.58. The minimum atomic E-state index is -4.49. The molecule has 1 aliphatic rings. The average molecular weight is 432 g/mol. The van der Waals surface area contributed by atoms with Gasteiger partial charge in [0.15, 0.2) is 11.7 Å². The summed E-state index contributed by atoms with van der Waals surface area (Å²) in [5, 5.41) is 14.0. The van der Waals surface area contributed by atoms with Gasteiger partial charge in [0.1, 0.15) is 5.82 Å². The maximum absolute atomic E-state index is 13.8. The van der Waals surface area contributed by atoms with Crippen LogP contribution >= 0.6 is 0 Å². The van der Waals surface area contributed by atoms with Crippen LogP contribution in [-0.4, -0.2) is 31.6 Å². The number of fused-ring (bicyclic) bond motifs is 1. The molecule has 2 aromatic heterocycles. The van der Waals surface area contributed by atoms with Gasteiger partial charge in [-0.05, 0) is 19.4 Å². The Morgan fingerprint density at radius 3 is 2.55 bits per heavy atom. The van der Waals surface area contributed by atoms with E-state index in [0.717, 1.165) is 27.1 Å². The van der Waals surface area contributed by atoms with Crippen molar-refractivity contribution in [2.24, 2.45) is 7.05 Å². The van der Waals surface area contributed by atoms with Gasteiger partial charge in [0.05, 0.1) is 11.7 Å². The summed E-state index contributed by atoms with van der Waals surface area (Å²) >= 11 is 0. The summed E-state index contributed by atoms with van der Waals surface area (Å²) in [5.74, 6) is -0.373. The molecule has 2 N–H and O–H groups in total. The second kappa shape index (κ2) is 7.75. The molecule has 0 spiro atoms. The molecule has 0 bridgehead atoms. The zero-order valence-corrected chi connectivity index (χ0v) is 17.4. The van der Waals surface area contributed by atoms with E-state index in [1.165, 1.54) is 6.07 Å². The Labute approximate surface area is 177 Å². The number of aromatic nitrogens is 4. The van der Waals surface area contributed by atoms with Crippen molar-refractivity contribution in [3.8, 4) is 0 Å². The second-order valence-corrected chi connectivity index (χ2v) is 7.86. The Bertz CT molecular complexity index is 1100. The number of amides is 1. The molecule has 10 heteroatoms. The summed E-state index contributed by atoms with van der Waals surface area (Å²) in [4.78, 5) is 12.6. The highest BCUT2D eigenvalue weighted by Crippen LogP contribution is 2.43. The van der Waals surface area contributed by atoms with E-state index in [0.29, 0.717) is 0 Å². The Hall–Kier alpha value is -3.30. The van der Waals surface area contributed by atoms with Crippen molar-refractivity contribution in [2.45, 2.75) is 45.1 Å². The molecule has 2 atom stereocenters. The molecule has 1 aromatic carbocycles. The normalized spacial score (nSPS) is 18.4. The van der Waals surface area contributed by atoms with Gasteiger partial charge in [0.25, 0.3) is 5.91 Å². The summed E-state index contributed by atoms with van der Waals surface area (Å²) in [5.41, 5.74) is 3.31. The van der Waals surface area contributed by atoms with Crippen molar-refractivity contribution in [2.75, 3.05) is 5.32 Å². The van der Waals surface area contributed by atoms with Gasteiger partial charge < -0.3 is 10.6 Å². The number of carbonyl (C=O) groups excluding carboxylic acids is 1. The van der Waals surface area contributed by atoms with Gasteiger partial charge in [-0.3, -0.25) is 9.48 Å². The predicted octanol–water partition coefficient (Wildman–Crippen LogP) is 3.82. The first-order valence-corrected chi connectivity index (χ1v) is 9.88. The van der Waals surface area contributed by atoms with Crippen LogP contribution in [0.3, 0.4) is 0 Å². The van der Waals surface area contributed by atoms with Crippen LogP contribution in [0.4, 0.5) is 19.0 Å². The van der Waals surface area contributed by atoms with E-state index >= 15 is 0 Å². The molecule has 0 unspecified atom stereocenters. The van der Waals surface area contributed by atoms with E-state index in [2.05, 4.69) is 20.8 Å². The molecule has 0 saturated heterocycles. The molecule has 1 amide bonds. The smallest absolute Gasteiger partial charge is 0.363 e. The van der Waals surface area contributed by atoms with Gasteiger partial charge in [0, 0.05) is 37.8 Å². The number of rotatable bonds is 4. The maximum Gasteiger partial charge on any atom is 0.410 e. The van der Waals surface area contributed by atoms with Crippen molar-refractivity contribution in [1.29, 1.82) is 0 Å². The van der Waals surface area contributed by atoms with E-state index in [-0.39, 0.29) is 24.5 Å². The van der Waals surface area contributed by atoms with Crippen LogP contribution in [0.15, 0.2) is 36.5 Å². The summed E-state index contributed by atoms with van der Waals surface area (Å²) in [6.45, 7) is 3.95. The monoisotopic (exact) mass is 432 g/mol. The van der Waals surface area contributed by atoms with Crippen molar-refractivity contribution >= 4 is 11.7 Å². The van der Waals surface area contributed by atoms with Gasteiger partial charge in [0.2, 0.25) is 0 Å². The summed E-state index contributed by atoms with van der Waals surface area (Å²) < 4.78 is 43.9. The van der Waals surface area contributed by atoms with Gasteiger partial charge in [-0.1, -0.05) is 29.8 Å². The number of alkyl halides is 3. The van der Waals surface area contributed by atoms with Crippen LogP contribution in [0.2, 0.25) is 0 Å². The van der Waals surface area contributed by atoms with E-state index in [4.69, 9.17) is 0 Å². The highest BCUT2D eigenvalue weighted by Gasteiger charge is 2.46. The topological polar surface area (TPSA) is 76.8 Å². The van der Waals surface area contributed by atoms with Crippen LogP contribution in [-0.2, 0) is 13.6 Å². The van der Waals surface area contributed by atoms with E-state index < -0.39 is 24.2 Å². The molecule has 164 valence electrons. The number of hydrogen-bond donors (Lipinski definition) is 2. The molecule has 7 nitrogen and oxygen atoms in total. The van der Waals surface area contributed by atoms with Gasteiger partial charge >= 0.3 is 6.18 Å². The van der Waals surface area contributed by atoms with E-state index in [9.17, 15) is 18.0 Å². The lowest BCUT2D eigenvalue weighted by Gasteiger charge is -2.33. The molecule has 4 rings (SSSR count). The third kappa shape index (κ3) is 4.28. The van der Waals surface area contributed by atoms with Crippen LogP contribution < -0.4 is 10.6 Å². The summed E-state index contributed by atoms with van der Waals surface area (Å²) in [6.07, 6.45) is -2.93. The maximum atomic E-state index is 13.8. The standard InChI is InChI=1S/C21H23F3N6O/c1-12-4-6-14(7-5-12)16-8-18(21(22,23)24)30-19(26-16)9-17(28-30)20(31)25-10-15-11-29(3)27-13(15)2/h4-7,9,11,16,18,26H,8,10H2,1-3H3,(H,25,31)/t16-,18-/m0/s1. The number of halogens is 3. The number of aryl methyl sites for hydroxylation is 3. The Morgan fingerprint density at radius 2 is 1.94 bits per heavy atom. The lowest BCUT2D eigenvalue weighted by Crippen LogP contribution is -2.35.